The van der Waals surface area contributed by atoms with Crippen LogP contribution in [0, 0.1) is 19.8 Å². The van der Waals surface area contributed by atoms with Crippen LogP contribution in [0.1, 0.15) is 11.4 Å². The van der Waals surface area contributed by atoms with Gasteiger partial charge in [0, 0.05) is 30.8 Å². The van der Waals surface area contributed by atoms with Gasteiger partial charge < -0.3 is 9.88 Å². The number of rotatable bonds is 3. The van der Waals surface area contributed by atoms with Crippen LogP contribution in [0.3, 0.4) is 0 Å². The van der Waals surface area contributed by atoms with E-state index in [9.17, 15) is 4.79 Å². The Morgan fingerprint density at radius 1 is 1.26 bits per heavy atom. The summed E-state index contributed by atoms with van der Waals surface area (Å²) in [6.45, 7) is 6.29. The summed E-state index contributed by atoms with van der Waals surface area (Å²) in [5.41, 5.74) is 3.81. The number of hydrogen-bond donors (Lipinski definition) is 1. The van der Waals surface area contributed by atoms with Crippen molar-refractivity contribution < 1.29 is 0 Å². The zero-order chi connectivity index (χ0) is 16.0. The van der Waals surface area contributed by atoms with E-state index in [0.29, 0.717) is 12.5 Å². The van der Waals surface area contributed by atoms with Crippen LogP contribution in [0.15, 0.2) is 29.3 Å². The molecule has 0 atom stereocenters. The number of anilines is 1. The Kier molecular flexibility index (Phi) is 3.14. The third-order valence-electron chi connectivity index (χ3n) is 4.22. The fraction of sp³-hybridized carbons (Fsp3) is 0.375. The predicted molar refractivity (Wildman–Crippen MR) is 87.6 cm³/mol. The summed E-state index contributed by atoms with van der Waals surface area (Å²) >= 11 is 0. The molecule has 0 aliphatic carbocycles. The number of fused-ring (bicyclic) bond motifs is 1. The van der Waals surface area contributed by atoms with Gasteiger partial charge in [0.25, 0.3) is 5.56 Å². The second-order valence-electron chi connectivity index (χ2n) is 6.18. The number of H-pyrrole nitrogens is 1. The third-order valence-corrected chi connectivity index (χ3v) is 4.22. The van der Waals surface area contributed by atoms with Gasteiger partial charge in [-0.15, -0.1) is 0 Å². The van der Waals surface area contributed by atoms with Crippen LogP contribution < -0.4 is 10.5 Å². The Morgan fingerprint density at radius 3 is 2.91 bits per heavy atom. The van der Waals surface area contributed by atoms with E-state index in [1.165, 1.54) is 0 Å². The van der Waals surface area contributed by atoms with E-state index in [1.54, 1.807) is 23.1 Å². The topological polar surface area (TPSA) is 79.7 Å². The van der Waals surface area contributed by atoms with Crippen LogP contribution >= 0.6 is 0 Å². The molecule has 0 unspecified atom stereocenters. The van der Waals surface area contributed by atoms with Crippen LogP contribution in [-0.4, -0.2) is 37.8 Å². The van der Waals surface area contributed by atoms with Gasteiger partial charge in [0.05, 0.1) is 17.8 Å². The third kappa shape index (κ3) is 2.48. The maximum atomic E-state index is 11.8. The highest BCUT2D eigenvalue weighted by molar-refractivity contribution is 5.87. The molecule has 3 aromatic rings. The summed E-state index contributed by atoms with van der Waals surface area (Å²) in [7, 11) is 0. The molecule has 23 heavy (non-hydrogen) atoms. The van der Waals surface area contributed by atoms with E-state index >= 15 is 0 Å². The van der Waals surface area contributed by atoms with Crippen molar-refractivity contribution >= 4 is 16.9 Å². The van der Waals surface area contributed by atoms with Crippen LogP contribution in [0.5, 0.6) is 0 Å². The first-order chi connectivity index (χ1) is 11.1. The number of aryl methyl sites for hydroxylation is 2. The Labute approximate surface area is 133 Å². The summed E-state index contributed by atoms with van der Waals surface area (Å²) in [4.78, 5) is 26.1. The molecule has 7 heteroatoms. The first-order valence-corrected chi connectivity index (χ1v) is 7.70. The van der Waals surface area contributed by atoms with Gasteiger partial charge in [0.2, 0.25) is 0 Å². The number of nitrogens with one attached hydrogen (secondary N) is 1. The maximum absolute atomic E-state index is 11.8. The average Bonchev–Trinajstić information content (AvgIpc) is 2.86. The minimum Gasteiger partial charge on any atom is -0.354 e. The quantitative estimate of drug-likeness (QED) is 0.788. The highest BCUT2D eigenvalue weighted by Crippen LogP contribution is 2.29. The molecule has 0 aromatic carbocycles. The van der Waals surface area contributed by atoms with Crippen molar-refractivity contribution in [3.8, 4) is 0 Å². The van der Waals surface area contributed by atoms with Gasteiger partial charge in [-0.1, -0.05) is 0 Å². The van der Waals surface area contributed by atoms with Crippen LogP contribution in [0.2, 0.25) is 0 Å². The molecule has 1 saturated heterocycles. The minimum absolute atomic E-state index is 0.0431. The lowest BCUT2D eigenvalue weighted by Crippen LogP contribution is -2.50. The first kappa shape index (κ1) is 13.9. The van der Waals surface area contributed by atoms with E-state index in [0.717, 1.165) is 41.3 Å². The maximum Gasteiger partial charge on any atom is 0.266 e. The van der Waals surface area contributed by atoms with Crippen LogP contribution in [0.25, 0.3) is 11.0 Å². The Balaban J connectivity index is 1.51. The zero-order valence-electron chi connectivity index (χ0n) is 13.2. The Hall–Kier alpha value is -2.70. The van der Waals surface area contributed by atoms with Gasteiger partial charge >= 0.3 is 0 Å². The Bertz CT molecular complexity index is 922. The second kappa shape index (κ2) is 5.19. The highest BCUT2D eigenvalue weighted by atomic mass is 16.1. The highest BCUT2D eigenvalue weighted by Gasteiger charge is 2.30. The molecular formula is C16H18N6O. The summed E-state index contributed by atoms with van der Waals surface area (Å²) in [6, 6.07) is 5.35. The van der Waals surface area contributed by atoms with Gasteiger partial charge in [0.1, 0.15) is 11.8 Å². The molecule has 0 bridgehead atoms. The second-order valence-corrected chi connectivity index (χ2v) is 6.18. The van der Waals surface area contributed by atoms with Gasteiger partial charge in [-0.05, 0) is 26.0 Å². The largest absolute Gasteiger partial charge is 0.354 e. The molecule has 1 aliphatic heterocycles. The van der Waals surface area contributed by atoms with Crippen molar-refractivity contribution in [2.45, 2.75) is 20.4 Å². The molecule has 3 aromatic heterocycles. The van der Waals surface area contributed by atoms with Crippen molar-refractivity contribution in [2.75, 3.05) is 18.0 Å². The molecule has 7 nitrogen and oxygen atoms in total. The lowest BCUT2D eigenvalue weighted by atomic mass is 10.00. The lowest BCUT2D eigenvalue weighted by Gasteiger charge is -2.40. The molecular weight excluding hydrogens is 292 g/mol. The van der Waals surface area contributed by atoms with Gasteiger partial charge in [-0.2, -0.15) is 5.10 Å². The van der Waals surface area contributed by atoms with Crippen molar-refractivity contribution in [3.05, 3.63) is 46.3 Å². The average molecular weight is 310 g/mol. The van der Waals surface area contributed by atoms with E-state index in [4.69, 9.17) is 0 Å². The number of aromatic nitrogens is 5. The van der Waals surface area contributed by atoms with Crippen molar-refractivity contribution in [3.63, 3.8) is 0 Å². The molecule has 1 fully saturated rings. The normalized spacial score (nSPS) is 15.1. The van der Waals surface area contributed by atoms with Crippen LogP contribution in [0.4, 0.5) is 5.82 Å². The van der Waals surface area contributed by atoms with E-state index < -0.39 is 0 Å². The summed E-state index contributed by atoms with van der Waals surface area (Å²) < 4.78 is 1.56. The standard InChI is InChI=1S/C16H18N6O/c1-10-3-4-14(23)22(20-10)8-12-6-21(7-12)16-15-13(17-9-18-16)5-11(2)19-15/h3-5,9,12,19H,6-8H2,1-2H3. The van der Waals surface area contributed by atoms with Crippen LogP contribution in [-0.2, 0) is 6.54 Å². The van der Waals surface area contributed by atoms with Crippen molar-refractivity contribution in [1.29, 1.82) is 0 Å². The lowest BCUT2D eigenvalue weighted by molar-refractivity contribution is 0.332. The molecule has 4 rings (SSSR count). The molecule has 0 radical (unpaired) electrons. The molecule has 0 amide bonds. The molecule has 118 valence electrons. The van der Waals surface area contributed by atoms with Crippen molar-refractivity contribution in [2.24, 2.45) is 5.92 Å². The molecule has 0 saturated carbocycles. The zero-order valence-corrected chi connectivity index (χ0v) is 13.2. The fourth-order valence-electron chi connectivity index (χ4n) is 3.08. The molecule has 0 spiro atoms. The summed E-state index contributed by atoms with van der Waals surface area (Å²) in [5.74, 6) is 1.34. The number of nitrogens with zero attached hydrogens (tertiary/aromatic N) is 5. The number of aromatic amines is 1. The number of hydrogen-bond acceptors (Lipinski definition) is 5. The predicted octanol–water partition coefficient (Wildman–Crippen LogP) is 1.27. The molecule has 1 aliphatic rings. The monoisotopic (exact) mass is 310 g/mol. The fourth-order valence-corrected chi connectivity index (χ4v) is 3.08. The van der Waals surface area contributed by atoms with E-state index in [1.807, 2.05) is 19.9 Å². The van der Waals surface area contributed by atoms with Crippen molar-refractivity contribution in [1.82, 2.24) is 24.7 Å². The minimum atomic E-state index is -0.0431. The molecule has 1 N–H and O–H groups in total. The SMILES string of the molecule is Cc1ccc(=O)n(CC2CN(c3ncnc4cc(C)[nH]c34)C2)n1. The van der Waals surface area contributed by atoms with Gasteiger partial charge in [-0.3, -0.25) is 4.79 Å². The first-order valence-electron chi connectivity index (χ1n) is 7.70. The summed E-state index contributed by atoms with van der Waals surface area (Å²) in [5, 5.41) is 4.30. The smallest absolute Gasteiger partial charge is 0.266 e. The van der Waals surface area contributed by atoms with E-state index in [-0.39, 0.29) is 5.56 Å². The molecule has 4 heterocycles. The van der Waals surface area contributed by atoms with Gasteiger partial charge in [0.15, 0.2) is 5.82 Å². The summed E-state index contributed by atoms with van der Waals surface area (Å²) in [6.07, 6.45) is 1.60. The van der Waals surface area contributed by atoms with E-state index in [2.05, 4.69) is 25.0 Å². The van der Waals surface area contributed by atoms with Gasteiger partial charge in [-0.25, -0.2) is 14.6 Å². The Morgan fingerprint density at radius 2 is 2.09 bits per heavy atom.